The number of sulfone groups is 1. The number of hydrogen-bond donors (Lipinski definition) is 0. The van der Waals surface area contributed by atoms with E-state index in [1.54, 1.807) is 38.5 Å². The molecule has 1 saturated carbocycles. The predicted octanol–water partition coefficient (Wildman–Crippen LogP) is 3.10. The van der Waals surface area contributed by atoms with Crippen molar-refractivity contribution in [2.75, 3.05) is 33.1 Å². The monoisotopic (exact) mass is 381 g/mol. The first-order valence-electron chi connectivity index (χ1n) is 9.62. The van der Waals surface area contributed by atoms with Crippen LogP contribution in [0, 0.1) is 5.92 Å². The molecule has 1 aliphatic carbocycles. The van der Waals surface area contributed by atoms with Crippen LogP contribution in [0.4, 0.5) is 0 Å². The van der Waals surface area contributed by atoms with Gasteiger partial charge in [0.25, 0.3) is 0 Å². The molecule has 0 N–H and O–H groups in total. The van der Waals surface area contributed by atoms with E-state index in [1.807, 2.05) is 6.07 Å². The lowest BCUT2D eigenvalue weighted by Crippen LogP contribution is -2.53. The summed E-state index contributed by atoms with van der Waals surface area (Å²) in [6, 6.07) is 9.21. The number of nitrogens with zero attached hydrogens (tertiary/aromatic N) is 1. The zero-order chi connectivity index (χ0) is 18.6. The fraction of sp³-hybridized carbons (Fsp3) is 0.700. The molecule has 1 aromatic carbocycles. The minimum absolute atomic E-state index is 0.201. The maximum Gasteiger partial charge on any atom is 0.178 e. The second-order valence-electron chi connectivity index (χ2n) is 7.56. The molecule has 2 atom stereocenters. The Labute approximate surface area is 157 Å². The van der Waals surface area contributed by atoms with Crippen LogP contribution in [-0.4, -0.2) is 58.2 Å². The van der Waals surface area contributed by atoms with Gasteiger partial charge in [-0.3, -0.25) is 4.90 Å². The maximum atomic E-state index is 12.9. The van der Waals surface area contributed by atoms with E-state index >= 15 is 0 Å². The molecule has 2 aliphatic rings. The fourth-order valence-corrected chi connectivity index (χ4v) is 6.27. The van der Waals surface area contributed by atoms with Crippen molar-refractivity contribution in [3.05, 3.63) is 30.3 Å². The molecular weight excluding hydrogens is 350 g/mol. The quantitative estimate of drug-likeness (QED) is 0.709. The lowest BCUT2D eigenvalue weighted by Gasteiger charge is -2.46. The number of piperidine rings is 1. The van der Waals surface area contributed by atoms with E-state index in [4.69, 9.17) is 9.47 Å². The number of hydrogen-bond acceptors (Lipinski definition) is 5. The van der Waals surface area contributed by atoms with E-state index < -0.39 is 15.6 Å². The highest BCUT2D eigenvalue weighted by Gasteiger charge is 2.40. The summed E-state index contributed by atoms with van der Waals surface area (Å²) in [4.78, 5) is 2.92. The highest BCUT2D eigenvalue weighted by Crippen LogP contribution is 2.35. The summed E-state index contributed by atoms with van der Waals surface area (Å²) in [6.07, 6.45) is 6.04. The molecule has 0 amide bonds. The molecule has 0 aromatic heterocycles. The third-order valence-electron chi connectivity index (χ3n) is 6.18. The Morgan fingerprint density at radius 3 is 2.27 bits per heavy atom. The summed E-state index contributed by atoms with van der Waals surface area (Å²) < 4.78 is 36.9. The van der Waals surface area contributed by atoms with Crippen molar-refractivity contribution in [1.29, 1.82) is 0 Å². The average molecular weight is 382 g/mol. The lowest BCUT2D eigenvalue weighted by molar-refractivity contribution is -0.232. The zero-order valence-corrected chi connectivity index (χ0v) is 16.7. The summed E-state index contributed by atoms with van der Waals surface area (Å²) in [5.41, 5.74) is 0. The van der Waals surface area contributed by atoms with Crippen molar-refractivity contribution in [3.63, 3.8) is 0 Å². The van der Waals surface area contributed by atoms with Gasteiger partial charge in [-0.15, -0.1) is 0 Å². The van der Waals surface area contributed by atoms with Crippen molar-refractivity contribution in [3.8, 4) is 0 Å². The van der Waals surface area contributed by atoms with Gasteiger partial charge in [0.1, 0.15) is 0 Å². The zero-order valence-electron chi connectivity index (χ0n) is 15.9. The van der Waals surface area contributed by atoms with E-state index in [1.165, 1.54) is 6.42 Å². The van der Waals surface area contributed by atoms with Crippen LogP contribution in [0.15, 0.2) is 35.2 Å². The summed E-state index contributed by atoms with van der Waals surface area (Å²) in [5.74, 6) is -0.0270. The summed E-state index contributed by atoms with van der Waals surface area (Å²) in [5, 5.41) is 0. The maximum absolute atomic E-state index is 12.9. The molecule has 0 bridgehead atoms. The molecule has 5 nitrogen and oxygen atoms in total. The fourth-order valence-electron chi connectivity index (χ4n) is 4.56. The van der Waals surface area contributed by atoms with Gasteiger partial charge in [0, 0.05) is 46.2 Å². The van der Waals surface area contributed by atoms with Crippen molar-refractivity contribution in [2.45, 2.75) is 55.2 Å². The van der Waals surface area contributed by atoms with Crippen LogP contribution in [0.5, 0.6) is 0 Å². The molecule has 3 rings (SSSR count). The Morgan fingerprint density at radius 1 is 1.04 bits per heavy atom. The normalized spacial score (nSPS) is 27.3. The highest BCUT2D eigenvalue weighted by molar-refractivity contribution is 7.91. The van der Waals surface area contributed by atoms with E-state index in [0.717, 1.165) is 45.2 Å². The Bertz CT molecular complexity index is 662. The number of methoxy groups -OCH3 is 2. The van der Waals surface area contributed by atoms with E-state index in [-0.39, 0.29) is 11.7 Å². The summed E-state index contributed by atoms with van der Waals surface area (Å²) >= 11 is 0. The Balaban J connectivity index is 1.69. The van der Waals surface area contributed by atoms with Gasteiger partial charge >= 0.3 is 0 Å². The van der Waals surface area contributed by atoms with Crippen LogP contribution in [0.25, 0.3) is 0 Å². The standard InChI is InChI=1S/C20H31NO4S/c1-24-20(25-2)12-14-21(15-13-20)19-11-7-6-8-17(19)16-26(22,23)18-9-4-3-5-10-18/h3-5,9-10,17,19H,6-8,11-16H2,1-2H3/t17-,19-/m1/s1. The number of rotatable bonds is 6. The SMILES string of the molecule is COC1(OC)CCN([C@@H]2CCCC[C@@H]2CS(=O)(=O)c2ccccc2)CC1. The average Bonchev–Trinajstić information content (AvgIpc) is 2.69. The van der Waals surface area contributed by atoms with Gasteiger partial charge in [0.05, 0.1) is 10.6 Å². The second kappa shape index (κ2) is 8.38. The topological polar surface area (TPSA) is 55.8 Å². The molecule has 0 spiro atoms. The summed E-state index contributed by atoms with van der Waals surface area (Å²) in [7, 11) is 0.167. The minimum atomic E-state index is -3.24. The number of likely N-dealkylation sites (tertiary alicyclic amines) is 1. The molecule has 146 valence electrons. The molecular formula is C20H31NO4S. The first-order valence-corrected chi connectivity index (χ1v) is 11.3. The molecule has 1 aromatic rings. The summed E-state index contributed by atoms with van der Waals surface area (Å²) in [6.45, 7) is 1.79. The van der Waals surface area contributed by atoms with Crippen molar-refractivity contribution in [1.82, 2.24) is 4.90 Å². The van der Waals surface area contributed by atoms with Gasteiger partial charge < -0.3 is 9.47 Å². The van der Waals surface area contributed by atoms with Gasteiger partial charge in [-0.2, -0.15) is 0 Å². The van der Waals surface area contributed by atoms with Crippen LogP contribution in [0.2, 0.25) is 0 Å². The number of benzene rings is 1. The Morgan fingerprint density at radius 2 is 1.65 bits per heavy atom. The van der Waals surface area contributed by atoms with Gasteiger partial charge in [0.2, 0.25) is 0 Å². The van der Waals surface area contributed by atoms with Crippen LogP contribution in [0.1, 0.15) is 38.5 Å². The largest absolute Gasteiger partial charge is 0.353 e. The van der Waals surface area contributed by atoms with Crippen LogP contribution < -0.4 is 0 Å². The first kappa shape index (κ1) is 19.8. The van der Waals surface area contributed by atoms with E-state index in [2.05, 4.69) is 4.90 Å². The highest BCUT2D eigenvalue weighted by atomic mass is 32.2. The Kier molecular flexibility index (Phi) is 6.38. The van der Waals surface area contributed by atoms with Crippen LogP contribution >= 0.6 is 0 Å². The molecule has 0 unspecified atom stereocenters. The Hall–Kier alpha value is -0.950. The van der Waals surface area contributed by atoms with Crippen molar-refractivity contribution in [2.24, 2.45) is 5.92 Å². The van der Waals surface area contributed by atoms with Gasteiger partial charge in [0.15, 0.2) is 15.6 Å². The van der Waals surface area contributed by atoms with Gasteiger partial charge in [-0.1, -0.05) is 31.0 Å². The van der Waals surface area contributed by atoms with Gasteiger partial charge in [-0.25, -0.2) is 8.42 Å². The number of ether oxygens (including phenoxy) is 2. The van der Waals surface area contributed by atoms with Crippen molar-refractivity contribution < 1.29 is 17.9 Å². The van der Waals surface area contributed by atoms with Crippen molar-refractivity contribution >= 4 is 9.84 Å². The first-order chi connectivity index (χ1) is 12.5. The predicted molar refractivity (Wildman–Crippen MR) is 102 cm³/mol. The molecule has 0 radical (unpaired) electrons. The minimum Gasteiger partial charge on any atom is -0.353 e. The molecule has 26 heavy (non-hydrogen) atoms. The lowest BCUT2D eigenvalue weighted by atomic mass is 9.83. The van der Waals surface area contributed by atoms with Crippen LogP contribution in [0.3, 0.4) is 0 Å². The van der Waals surface area contributed by atoms with Gasteiger partial charge in [-0.05, 0) is 30.9 Å². The molecule has 6 heteroatoms. The van der Waals surface area contributed by atoms with E-state index in [0.29, 0.717) is 10.9 Å². The van der Waals surface area contributed by atoms with E-state index in [9.17, 15) is 8.42 Å². The molecule has 1 aliphatic heterocycles. The molecule has 1 heterocycles. The van der Waals surface area contributed by atoms with Crippen LogP contribution in [-0.2, 0) is 19.3 Å². The smallest absolute Gasteiger partial charge is 0.178 e. The second-order valence-corrected chi connectivity index (χ2v) is 9.60. The third-order valence-corrected chi connectivity index (χ3v) is 8.04. The molecule has 1 saturated heterocycles. The third kappa shape index (κ3) is 4.30. The molecule has 2 fully saturated rings.